The van der Waals surface area contributed by atoms with Gasteiger partial charge in [-0.15, -0.1) is 11.3 Å². The topological polar surface area (TPSA) is 34.9 Å². The van der Waals surface area contributed by atoms with Crippen LogP contribution in [0.15, 0.2) is 23.8 Å². The van der Waals surface area contributed by atoms with Gasteiger partial charge < -0.3 is 4.57 Å². The van der Waals surface area contributed by atoms with Gasteiger partial charge in [-0.2, -0.15) is 0 Å². The molecule has 2 heterocycles. The lowest BCUT2D eigenvalue weighted by molar-refractivity contribution is 0.112. The van der Waals surface area contributed by atoms with Crippen LogP contribution in [0.3, 0.4) is 0 Å². The lowest BCUT2D eigenvalue weighted by Crippen LogP contribution is -1.91. The average Bonchev–Trinajstić information content (AvgIpc) is 2.71. The predicted octanol–water partition coefficient (Wildman–Crippen LogP) is 1.96. The second kappa shape index (κ2) is 3.14. The van der Waals surface area contributed by atoms with Crippen molar-refractivity contribution in [2.75, 3.05) is 0 Å². The van der Waals surface area contributed by atoms with E-state index in [4.69, 9.17) is 0 Å². The molecular weight excluding hydrogens is 184 g/mol. The molecule has 0 bridgehead atoms. The lowest BCUT2D eigenvalue weighted by Gasteiger charge is -1.98. The molecule has 2 aromatic heterocycles. The van der Waals surface area contributed by atoms with Gasteiger partial charge in [0.1, 0.15) is 5.82 Å². The maximum absolute atomic E-state index is 10.7. The van der Waals surface area contributed by atoms with Gasteiger partial charge in [-0.05, 0) is 11.4 Å². The third kappa shape index (κ3) is 1.29. The van der Waals surface area contributed by atoms with E-state index < -0.39 is 0 Å². The summed E-state index contributed by atoms with van der Waals surface area (Å²) in [4.78, 5) is 15.6. The zero-order valence-electron chi connectivity index (χ0n) is 7.10. The van der Waals surface area contributed by atoms with E-state index >= 15 is 0 Å². The second-order valence-corrected chi connectivity index (χ2v) is 3.63. The van der Waals surface area contributed by atoms with Gasteiger partial charge in [0.15, 0.2) is 6.29 Å². The molecule has 0 spiro atoms. The Hall–Kier alpha value is -1.42. The van der Waals surface area contributed by atoms with Crippen LogP contribution in [-0.2, 0) is 7.05 Å². The van der Waals surface area contributed by atoms with Gasteiger partial charge >= 0.3 is 0 Å². The van der Waals surface area contributed by atoms with Crippen LogP contribution in [0, 0.1) is 0 Å². The fourth-order valence-electron chi connectivity index (χ4n) is 1.22. The Kier molecular flexibility index (Phi) is 1.98. The molecule has 2 aromatic rings. The van der Waals surface area contributed by atoms with E-state index in [0.29, 0.717) is 0 Å². The van der Waals surface area contributed by atoms with Gasteiger partial charge in [-0.25, -0.2) is 4.98 Å². The minimum Gasteiger partial charge on any atom is -0.334 e. The summed E-state index contributed by atoms with van der Waals surface area (Å²) < 4.78 is 1.90. The van der Waals surface area contributed by atoms with Crippen molar-refractivity contribution in [1.82, 2.24) is 9.55 Å². The van der Waals surface area contributed by atoms with Crippen molar-refractivity contribution < 1.29 is 4.79 Å². The molecule has 0 unspecified atom stereocenters. The molecule has 0 aromatic carbocycles. The maximum Gasteiger partial charge on any atom is 0.160 e. The summed E-state index contributed by atoms with van der Waals surface area (Å²) in [5.41, 5.74) is 0.910. The summed E-state index contributed by atoms with van der Waals surface area (Å²) in [6.45, 7) is 0. The number of aromatic nitrogens is 2. The van der Waals surface area contributed by atoms with E-state index in [1.165, 1.54) is 11.3 Å². The minimum absolute atomic E-state index is 0.731. The van der Waals surface area contributed by atoms with E-state index in [0.717, 1.165) is 22.6 Å². The Morgan fingerprint density at radius 2 is 2.46 bits per heavy atom. The van der Waals surface area contributed by atoms with E-state index in [2.05, 4.69) is 4.98 Å². The van der Waals surface area contributed by atoms with Crippen LogP contribution in [0.5, 0.6) is 0 Å². The molecule has 0 atom stereocenters. The molecule has 0 saturated carbocycles. The Morgan fingerprint density at radius 1 is 1.62 bits per heavy atom. The smallest absolute Gasteiger partial charge is 0.160 e. The highest BCUT2D eigenvalue weighted by molar-refractivity contribution is 7.12. The molecule has 0 aliphatic carbocycles. The van der Waals surface area contributed by atoms with Crippen molar-refractivity contribution in [1.29, 1.82) is 0 Å². The van der Waals surface area contributed by atoms with Crippen LogP contribution in [0.2, 0.25) is 0 Å². The van der Waals surface area contributed by atoms with Crippen molar-refractivity contribution in [2.45, 2.75) is 0 Å². The first kappa shape index (κ1) is 8.19. The van der Waals surface area contributed by atoms with Gasteiger partial charge in [0.25, 0.3) is 0 Å². The Bertz CT molecular complexity index is 430. The van der Waals surface area contributed by atoms with Crippen LogP contribution in [0.25, 0.3) is 11.4 Å². The zero-order valence-corrected chi connectivity index (χ0v) is 7.91. The Morgan fingerprint density at radius 3 is 3.08 bits per heavy atom. The molecule has 0 radical (unpaired) electrons. The Balaban J connectivity index is 2.58. The quantitative estimate of drug-likeness (QED) is 0.682. The molecule has 3 nitrogen and oxygen atoms in total. The Labute approximate surface area is 79.7 Å². The zero-order chi connectivity index (χ0) is 9.26. The van der Waals surface area contributed by atoms with E-state index in [9.17, 15) is 4.79 Å². The third-order valence-corrected chi connectivity index (χ3v) is 2.71. The van der Waals surface area contributed by atoms with E-state index in [1.807, 2.05) is 29.3 Å². The molecule has 0 N–H and O–H groups in total. The summed E-state index contributed by atoms with van der Waals surface area (Å²) in [6.07, 6.45) is 4.46. The standard InChI is InChI=1S/C9H8N2OS/c1-11-4-3-10-9(11)7-2-5-13-8(7)6-12/h2-6H,1H3. The molecule has 2 rings (SSSR count). The van der Waals surface area contributed by atoms with Crippen molar-refractivity contribution in [2.24, 2.45) is 7.05 Å². The summed E-state index contributed by atoms with van der Waals surface area (Å²) in [5.74, 6) is 0.836. The van der Waals surface area contributed by atoms with Crippen molar-refractivity contribution in [3.05, 3.63) is 28.7 Å². The number of carbonyl (C=O) groups excluding carboxylic acids is 1. The molecule has 0 fully saturated rings. The summed E-state index contributed by atoms with van der Waals surface area (Å²) in [6, 6.07) is 1.91. The fourth-order valence-corrected chi connectivity index (χ4v) is 1.91. The summed E-state index contributed by atoms with van der Waals surface area (Å²) in [5, 5.41) is 1.90. The molecule has 13 heavy (non-hydrogen) atoms. The normalized spacial score (nSPS) is 10.2. The number of hydrogen-bond acceptors (Lipinski definition) is 3. The van der Waals surface area contributed by atoms with Gasteiger partial charge in [0.05, 0.1) is 4.88 Å². The number of carbonyl (C=O) groups is 1. The molecule has 0 saturated heterocycles. The molecule has 0 aliphatic heterocycles. The maximum atomic E-state index is 10.7. The van der Waals surface area contributed by atoms with Gasteiger partial charge in [0.2, 0.25) is 0 Å². The first-order valence-corrected chi connectivity index (χ1v) is 4.71. The van der Waals surface area contributed by atoms with Crippen molar-refractivity contribution in [3.8, 4) is 11.4 Å². The summed E-state index contributed by atoms with van der Waals surface area (Å²) in [7, 11) is 1.91. The van der Waals surface area contributed by atoms with Crippen LogP contribution < -0.4 is 0 Å². The highest BCUT2D eigenvalue weighted by atomic mass is 32.1. The largest absolute Gasteiger partial charge is 0.334 e. The van der Waals surface area contributed by atoms with Gasteiger partial charge in [0, 0.05) is 25.0 Å². The number of rotatable bonds is 2. The van der Waals surface area contributed by atoms with Crippen LogP contribution in [0.4, 0.5) is 0 Å². The fraction of sp³-hybridized carbons (Fsp3) is 0.111. The first-order chi connectivity index (χ1) is 6.33. The minimum atomic E-state index is 0.731. The number of nitrogens with zero attached hydrogens (tertiary/aromatic N) is 2. The van der Waals surface area contributed by atoms with Crippen LogP contribution in [-0.4, -0.2) is 15.8 Å². The number of imidazole rings is 1. The van der Waals surface area contributed by atoms with Gasteiger partial charge in [-0.1, -0.05) is 0 Å². The van der Waals surface area contributed by atoms with Crippen LogP contribution in [0.1, 0.15) is 9.67 Å². The molecular formula is C9H8N2OS. The molecule has 0 amide bonds. The monoisotopic (exact) mass is 192 g/mol. The number of aldehydes is 1. The number of aryl methyl sites for hydroxylation is 1. The SMILES string of the molecule is Cn1ccnc1-c1ccsc1C=O. The second-order valence-electron chi connectivity index (χ2n) is 2.68. The number of thiophene rings is 1. The van der Waals surface area contributed by atoms with E-state index in [1.54, 1.807) is 6.20 Å². The predicted molar refractivity (Wildman–Crippen MR) is 51.9 cm³/mol. The lowest BCUT2D eigenvalue weighted by atomic mass is 10.2. The van der Waals surface area contributed by atoms with Crippen molar-refractivity contribution >= 4 is 17.6 Å². The van der Waals surface area contributed by atoms with Crippen LogP contribution >= 0.6 is 11.3 Å². The molecule has 0 aliphatic rings. The number of hydrogen-bond donors (Lipinski definition) is 0. The molecule has 4 heteroatoms. The average molecular weight is 192 g/mol. The third-order valence-electron chi connectivity index (χ3n) is 1.86. The van der Waals surface area contributed by atoms with E-state index in [-0.39, 0.29) is 0 Å². The first-order valence-electron chi connectivity index (χ1n) is 3.83. The molecule has 66 valence electrons. The van der Waals surface area contributed by atoms with Gasteiger partial charge in [-0.3, -0.25) is 4.79 Å². The van der Waals surface area contributed by atoms with Crippen molar-refractivity contribution in [3.63, 3.8) is 0 Å². The highest BCUT2D eigenvalue weighted by Crippen LogP contribution is 2.24. The summed E-state index contributed by atoms with van der Waals surface area (Å²) >= 11 is 1.44. The highest BCUT2D eigenvalue weighted by Gasteiger charge is 2.09.